The highest BCUT2D eigenvalue weighted by Crippen LogP contribution is 2.23. The zero-order valence-corrected chi connectivity index (χ0v) is 19.7. The van der Waals surface area contributed by atoms with Crippen molar-refractivity contribution in [1.29, 1.82) is 0 Å². The maximum atomic E-state index is 12.7. The van der Waals surface area contributed by atoms with E-state index in [9.17, 15) is 4.79 Å². The van der Waals surface area contributed by atoms with Gasteiger partial charge in [0.2, 0.25) is 5.91 Å². The molecular formula is C25H35ClN4O. The first-order valence-corrected chi connectivity index (χ1v) is 11.7. The van der Waals surface area contributed by atoms with Crippen LogP contribution in [-0.4, -0.2) is 49.1 Å². The highest BCUT2D eigenvalue weighted by Gasteiger charge is 2.36. The highest BCUT2D eigenvalue weighted by atomic mass is 35.5. The van der Waals surface area contributed by atoms with Crippen molar-refractivity contribution in [1.82, 2.24) is 15.5 Å². The third-order valence-corrected chi connectivity index (χ3v) is 6.27. The quantitative estimate of drug-likeness (QED) is 0.582. The van der Waals surface area contributed by atoms with Gasteiger partial charge in [0.1, 0.15) is 0 Å². The molecule has 0 saturated carbocycles. The Hall–Kier alpha value is -2.08. The van der Waals surface area contributed by atoms with E-state index >= 15 is 0 Å². The van der Waals surface area contributed by atoms with Crippen LogP contribution in [-0.2, 0) is 17.9 Å². The molecule has 6 heteroatoms. The molecule has 2 atom stereocenters. The van der Waals surface area contributed by atoms with Crippen LogP contribution in [0, 0.1) is 0 Å². The van der Waals surface area contributed by atoms with Crippen LogP contribution < -0.4 is 15.5 Å². The Kier molecular flexibility index (Phi) is 8.76. The Morgan fingerprint density at radius 2 is 1.68 bits per heavy atom. The predicted octanol–water partition coefficient (Wildman–Crippen LogP) is 4.06. The molecule has 0 aliphatic carbocycles. The Bertz CT molecular complexity index is 820. The summed E-state index contributed by atoms with van der Waals surface area (Å²) in [5.41, 5.74) is 3.70. The third-order valence-electron chi connectivity index (χ3n) is 6.02. The highest BCUT2D eigenvalue weighted by molar-refractivity contribution is 6.30. The summed E-state index contributed by atoms with van der Waals surface area (Å²) in [4.78, 5) is 17.3. The lowest BCUT2D eigenvalue weighted by Crippen LogP contribution is -2.42. The van der Waals surface area contributed by atoms with Crippen molar-refractivity contribution >= 4 is 23.2 Å². The molecular weight excluding hydrogens is 408 g/mol. The van der Waals surface area contributed by atoms with E-state index in [-0.39, 0.29) is 18.0 Å². The summed E-state index contributed by atoms with van der Waals surface area (Å²) in [6.45, 7) is 11.4. The van der Waals surface area contributed by atoms with E-state index in [0.29, 0.717) is 6.54 Å². The van der Waals surface area contributed by atoms with Crippen molar-refractivity contribution in [2.45, 2.75) is 52.4 Å². The van der Waals surface area contributed by atoms with E-state index < -0.39 is 0 Å². The molecule has 168 valence electrons. The molecule has 2 aromatic rings. The number of amides is 1. The molecule has 3 rings (SSSR count). The second-order valence-corrected chi connectivity index (χ2v) is 8.55. The van der Waals surface area contributed by atoms with Crippen LogP contribution in [0.5, 0.6) is 0 Å². The van der Waals surface area contributed by atoms with E-state index in [0.717, 1.165) is 44.2 Å². The largest absolute Gasteiger partial charge is 0.372 e. The van der Waals surface area contributed by atoms with Gasteiger partial charge in [0.05, 0.1) is 6.04 Å². The number of halogens is 1. The second kappa shape index (κ2) is 11.5. The lowest BCUT2D eigenvalue weighted by Gasteiger charge is -2.23. The first-order chi connectivity index (χ1) is 15.0. The Labute approximate surface area is 191 Å². The molecule has 0 spiro atoms. The zero-order valence-electron chi connectivity index (χ0n) is 18.9. The van der Waals surface area contributed by atoms with Crippen molar-refractivity contribution in [3.8, 4) is 0 Å². The molecule has 0 aromatic heterocycles. The van der Waals surface area contributed by atoms with Crippen LogP contribution in [0.3, 0.4) is 0 Å². The van der Waals surface area contributed by atoms with Crippen LogP contribution in [0.4, 0.5) is 5.69 Å². The molecule has 2 N–H and O–H groups in total. The van der Waals surface area contributed by atoms with Crippen LogP contribution in [0.25, 0.3) is 0 Å². The number of rotatable bonds is 10. The lowest BCUT2D eigenvalue weighted by molar-refractivity contribution is -0.125. The minimum Gasteiger partial charge on any atom is -0.372 e. The van der Waals surface area contributed by atoms with Crippen molar-refractivity contribution in [2.24, 2.45) is 0 Å². The van der Waals surface area contributed by atoms with Gasteiger partial charge in [0.15, 0.2) is 0 Å². The second-order valence-electron chi connectivity index (χ2n) is 8.12. The molecule has 1 aliphatic rings. The number of likely N-dealkylation sites (tertiary alicyclic amines) is 1. The van der Waals surface area contributed by atoms with Gasteiger partial charge >= 0.3 is 0 Å². The van der Waals surface area contributed by atoms with E-state index in [2.05, 4.69) is 58.5 Å². The van der Waals surface area contributed by atoms with Crippen molar-refractivity contribution in [2.75, 3.05) is 31.1 Å². The Balaban J connectivity index is 1.61. The molecule has 1 aliphatic heterocycles. The normalized spacial score (nSPS) is 18.8. The fraction of sp³-hybridized carbons (Fsp3) is 0.480. The summed E-state index contributed by atoms with van der Waals surface area (Å²) in [5, 5.41) is 7.40. The fourth-order valence-electron chi connectivity index (χ4n) is 4.29. The van der Waals surface area contributed by atoms with Crippen molar-refractivity contribution in [3.63, 3.8) is 0 Å². The number of hydrogen-bond acceptors (Lipinski definition) is 4. The minimum absolute atomic E-state index is 0.113. The number of hydrogen-bond donors (Lipinski definition) is 2. The maximum absolute atomic E-state index is 12.7. The van der Waals surface area contributed by atoms with Gasteiger partial charge in [-0.2, -0.15) is 0 Å². The van der Waals surface area contributed by atoms with Gasteiger partial charge in [0, 0.05) is 56.0 Å². The molecule has 1 fully saturated rings. The van der Waals surface area contributed by atoms with Gasteiger partial charge in [-0.05, 0) is 62.6 Å². The van der Waals surface area contributed by atoms with E-state index in [1.807, 2.05) is 31.2 Å². The SMILES string of the molecule is CCNC(=O)[C@@H]1C[C@@H](NCc2ccc(N(CC)CC)cc2)CN1Cc1ccc(Cl)cc1. The predicted molar refractivity (Wildman–Crippen MR) is 130 cm³/mol. The summed E-state index contributed by atoms with van der Waals surface area (Å²) < 4.78 is 0. The van der Waals surface area contributed by atoms with Gasteiger partial charge < -0.3 is 15.5 Å². The van der Waals surface area contributed by atoms with Gasteiger partial charge in [0.25, 0.3) is 0 Å². The van der Waals surface area contributed by atoms with E-state index in [1.54, 1.807) is 0 Å². The standard InChI is InChI=1S/C25H35ClN4O/c1-4-27-25(31)24-15-22(18-30(24)17-20-7-11-21(26)12-8-20)28-16-19-9-13-23(14-10-19)29(5-2)6-3/h7-14,22,24,28H,4-6,15-18H2,1-3H3,(H,27,31)/t22-,24+/m1/s1. The molecule has 1 saturated heterocycles. The first-order valence-electron chi connectivity index (χ1n) is 11.4. The Morgan fingerprint density at radius 3 is 2.29 bits per heavy atom. The average Bonchev–Trinajstić information content (AvgIpc) is 3.18. The number of anilines is 1. The lowest BCUT2D eigenvalue weighted by atomic mass is 10.1. The number of likely N-dealkylation sites (N-methyl/N-ethyl adjacent to an activating group) is 1. The van der Waals surface area contributed by atoms with Gasteiger partial charge in [-0.1, -0.05) is 35.9 Å². The minimum atomic E-state index is -0.113. The summed E-state index contributed by atoms with van der Waals surface area (Å²) in [6, 6.07) is 16.8. The summed E-state index contributed by atoms with van der Waals surface area (Å²) in [6.07, 6.45) is 0.816. The number of nitrogens with one attached hydrogen (secondary N) is 2. The molecule has 1 heterocycles. The monoisotopic (exact) mass is 442 g/mol. The van der Waals surface area contributed by atoms with Gasteiger partial charge in [-0.25, -0.2) is 0 Å². The first kappa shape index (κ1) is 23.6. The van der Waals surface area contributed by atoms with Crippen molar-refractivity contribution < 1.29 is 4.79 Å². The Morgan fingerprint density at radius 1 is 1.03 bits per heavy atom. The third kappa shape index (κ3) is 6.45. The molecule has 1 amide bonds. The van der Waals surface area contributed by atoms with E-state index in [1.165, 1.54) is 16.8 Å². The van der Waals surface area contributed by atoms with Crippen LogP contribution in [0.15, 0.2) is 48.5 Å². The van der Waals surface area contributed by atoms with E-state index in [4.69, 9.17) is 11.6 Å². The number of nitrogens with zero attached hydrogens (tertiary/aromatic N) is 2. The summed E-state index contributed by atoms with van der Waals surface area (Å²) >= 11 is 6.02. The summed E-state index contributed by atoms with van der Waals surface area (Å²) in [7, 11) is 0. The molecule has 0 unspecified atom stereocenters. The van der Waals surface area contributed by atoms with Crippen LogP contribution in [0.1, 0.15) is 38.3 Å². The molecule has 0 radical (unpaired) electrons. The zero-order chi connectivity index (χ0) is 22.2. The fourth-order valence-corrected chi connectivity index (χ4v) is 4.42. The van der Waals surface area contributed by atoms with Crippen LogP contribution >= 0.6 is 11.6 Å². The van der Waals surface area contributed by atoms with Gasteiger partial charge in [-0.15, -0.1) is 0 Å². The maximum Gasteiger partial charge on any atom is 0.237 e. The van der Waals surface area contributed by atoms with Crippen molar-refractivity contribution in [3.05, 3.63) is 64.7 Å². The molecule has 31 heavy (non-hydrogen) atoms. The average molecular weight is 443 g/mol. The topological polar surface area (TPSA) is 47.6 Å². The molecule has 5 nitrogen and oxygen atoms in total. The van der Waals surface area contributed by atoms with Crippen LogP contribution in [0.2, 0.25) is 5.02 Å². The smallest absolute Gasteiger partial charge is 0.237 e. The van der Waals surface area contributed by atoms with Gasteiger partial charge in [-0.3, -0.25) is 9.69 Å². The molecule has 0 bridgehead atoms. The molecule has 2 aromatic carbocycles. The number of carbonyl (C=O) groups is 1. The number of carbonyl (C=O) groups excluding carboxylic acids is 1. The summed E-state index contributed by atoms with van der Waals surface area (Å²) in [5.74, 6) is 0.115. The number of benzene rings is 2.